The van der Waals surface area contributed by atoms with E-state index in [9.17, 15) is 28.2 Å². The lowest BCUT2D eigenvalue weighted by Crippen LogP contribution is -2.67. The first-order chi connectivity index (χ1) is 14.5. The largest absolute Gasteiger partial charge is 0.479 e. The number of nitrogens with two attached hydrogens (primary N) is 1. The number of carbonyl (C=O) groups excluding carboxylic acids is 1. The van der Waals surface area contributed by atoms with E-state index >= 15 is 0 Å². The average molecular weight is 456 g/mol. The Labute approximate surface area is 181 Å². The highest BCUT2D eigenvalue weighted by Crippen LogP contribution is 2.32. The number of hydrogen-bond donors (Lipinski definition) is 3. The van der Waals surface area contributed by atoms with Crippen molar-refractivity contribution in [3.63, 3.8) is 0 Å². The Morgan fingerprint density at radius 1 is 1.23 bits per heavy atom. The van der Waals surface area contributed by atoms with Crippen molar-refractivity contribution < 1.29 is 33.0 Å². The lowest BCUT2D eigenvalue weighted by Gasteiger charge is -2.43. The van der Waals surface area contributed by atoms with Gasteiger partial charge in [0.25, 0.3) is 0 Å². The van der Waals surface area contributed by atoms with E-state index in [1.54, 1.807) is 0 Å². The number of nitrogens with zero attached hydrogens (tertiary/aromatic N) is 2. The van der Waals surface area contributed by atoms with Gasteiger partial charge in [0.15, 0.2) is 5.60 Å². The summed E-state index contributed by atoms with van der Waals surface area (Å²) in [6.45, 7) is 2.07. The second kappa shape index (κ2) is 9.11. The van der Waals surface area contributed by atoms with Gasteiger partial charge < -0.3 is 25.6 Å². The highest BCUT2D eigenvalue weighted by Gasteiger charge is 2.56. The topological polar surface area (TPSA) is 150 Å². The maximum Gasteiger partial charge on any atom is 0.339 e. The first kappa shape index (κ1) is 23.5. The predicted molar refractivity (Wildman–Crippen MR) is 112 cm³/mol. The highest BCUT2D eigenvalue weighted by molar-refractivity contribution is 7.89. The van der Waals surface area contributed by atoms with E-state index < -0.39 is 39.4 Å². The number of aliphatic carboxylic acids is 1. The molecule has 2 amide bonds. The standard InChI is InChI=1S/C20H29N3O7S/c1-14-3-2-4-15(11-14)12-30-16-5-9-23(10-6-16)31(28,29)17-7-8-22(19(21)26)13-20(17,27)18(24)25/h2-4,11,16-17,27H,5-10,12-13H2,1H3,(H2,21,26)(H,24,25). The van der Waals surface area contributed by atoms with Crippen molar-refractivity contribution in [3.8, 4) is 0 Å². The van der Waals surface area contributed by atoms with Crippen molar-refractivity contribution in [2.24, 2.45) is 5.73 Å². The Balaban J connectivity index is 1.63. The number of carbonyl (C=O) groups is 2. The minimum Gasteiger partial charge on any atom is -0.479 e. The molecule has 31 heavy (non-hydrogen) atoms. The molecule has 2 heterocycles. The van der Waals surface area contributed by atoms with E-state index in [0.29, 0.717) is 19.4 Å². The maximum atomic E-state index is 13.2. The molecule has 11 heteroatoms. The molecular formula is C20H29N3O7S. The molecule has 3 rings (SSSR count). The van der Waals surface area contributed by atoms with Crippen molar-refractivity contribution in [3.05, 3.63) is 35.4 Å². The number of carboxylic acids is 1. The summed E-state index contributed by atoms with van der Waals surface area (Å²) in [6, 6.07) is 7.06. The summed E-state index contributed by atoms with van der Waals surface area (Å²) in [7, 11) is -4.11. The van der Waals surface area contributed by atoms with Crippen LogP contribution in [-0.4, -0.2) is 83.0 Å². The van der Waals surface area contributed by atoms with E-state index in [4.69, 9.17) is 10.5 Å². The number of piperidine rings is 2. The number of sulfonamides is 1. The average Bonchev–Trinajstić information content (AvgIpc) is 2.72. The van der Waals surface area contributed by atoms with E-state index in [0.717, 1.165) is 16.0 Å². The smallest absolute Gasteiger partial charge is 0.339 e. The Morgan fingerprint density at radius 3 is 2.48 bits per heavy atom. The van der Waals surface area contributed by atoms with Crippen LogP contribution in [0.2, 0.25) is 0 Å². The van der Waals surface area contributed by atoms with Crippen molar-refractivity contribution in [2.45, 2.75) is 49.7 Å². The Hall–Kier alpha value is -2.21. The molecule has 0 bridgehead atoms. The number of carboxylic acid groups (broad SMARTS) is 1. The number of ether oxygens (including phenoxy) is 1. The second-order valence-corrected chi connectivity index (χ2v) is 10.3. The molecule has 2 fully saturated rings. The van der Waals surface area contributed by atoms with Crippen molar-refractivity contribution >= 4 is 22.0 Å². The van der Waals surface area contributed by atoms with Gasteiger partial charge in [0.2, 0.25) is 10.0 Å². The molecule has 0 radical (unpaired) electrons. The molecule has 0 spiro atoms. The molecule has 4 N–H and O–H groups in total. The molecule has 2 saturated heterocycles. The van der Waals surface area contributed by atoms with Crippen molar-refractivity contribution in [1.29, 1.82) is 0 Å². The second-order valence-electron chi connectivity index (χ2n) is 8.21. The minimum atomic E-state index is -4.11. The SMILES string of the molecule is Cc1cccc(COC2CCN(S(=O)(=O)C3CCN(C(N)=O)CC3(O)C(=O)O)CC2)c1. The number of aliphatic hydroxyl groups is 1. The summed E-state index contributed by atoms with van der Waals surface area (Å²) in [5, 5.41) is 18.7. The number of benzene rings is 1. The van der Waals surface area contributed by atoms with Gasteiger partial charge in [-0.3, -0.25) is 0 Å². The normalized spacial score (nSPS) is 26.0. The number of urea groups is 1. The molecule has 0 aliphatic carbocycles. The van der Waals surface area contributed by atoms with Gasteiger partial charge in [-0.25, -0.2) is 22.3 Å². The molecule has 172 valence electrons. The number of amides is 2. The summed E-state index contributed by atoms with van der Waals surface area (Å²) in [5.74, 6) is -1.69. The van der Waals surface area contributed by atoms with Gasteiger partial charge in [-0.1, -0.05) is 29.8 Å². The fourth-order valence-corrected chi connectivity index (χ4v) is 6.37. The third-order valence-corrected chi connectivity index (χ3v) is 8.43. The molecular weight excluding hydrogens is 426 g/mol. The zero-order valence-corrected chi connectivity index (χ0v) is 18.3. The lowest BCUT2D eigenvalue weighted by atomic mass is 9.92. The van der Waals surface area contributed by atoms with Gasteiger partial charge in [-0.2, -0.15) is 0 Å². The molecule has 0 aromatic heterocycles. The van der Waals surface area contributed by atoms with Crippen molar-refractivity contribution in [1.82, 2.24) is 9.21 Å². The fraction of sp³-hybridized carbons (Fsp3) is 0.600. The van der Waals surface area contributed by atoms with Crippen LogP contribution < -0.4 is 5.73 Å². The van der Waals surface area contributed by atoms with Crippen LogP contribution in [0.1, 0.15) is 30.4 Å². The molecule has 0 saturated carbocycles. The number of rotatable bonds is 6. The molecule has 1 aromatic carbocycles. The highest BCUT2D eigenvalue weighted by atomic mass is 32.2. The van der Waals surface area contributed by atoms with E-state index in [2.05, 4.69) is 0 Å². The van der Waals surface area contributed by atoms with Gasteiger partial charge in [0, 0.05) is 19.6 Å². The first-order valence-corrected chi connectivity index (χ1v) is 11.7. The Bertz CT molecular complexity index is 930. The zero-order chi connectivity index (χ0) is 22.8. The molecule has 2 aliphatic heterocycles. The predicted octanol–water partition coefficient (Wildman–Crippen LogP) is 0.275. The number of likely N-dealkylation sites (tertiary alicyclic amines) is 1. The number of primary amides is 1. The fourth-order valence-electron chi connectivity index (χ4n) is 4.22. The third-order valence-electron chi connectivity index (χ3n) is 6.00. The number of hydrogen-bond acceptors (Lipinski definition) is 6. The summed E-state index contributed by atoms with van der Waals surface area (Å²) in [6.07, 6.45) is 0.618. The van der Waals surface area contributed by atoms with E-state index in [1.807, 2.05) is 31.2 Å². The summed E-state index contributed by atoms with van der Waals surface area (Å²) < 4.78 is 33.5. The van der Waals surface area contributed by atoms with Crippen molar-refractivity contribution in [2.75, 3.05) is 26.2 Å². The maximum absolute atomic E-state index is 13.2. The van der Waals surface area contributed by atoms with Crippen LogP contribution in [0.15, 0.2) is 24.3 Å². The van der Waals surface area contributed by atoms with Crippen LogP contribution in [0.25, 0.3) is 0 Å². The van der Waals surface area contributed by atoms with Gasteiger partial charge in [-0.05, 0) is 31.7 Å². The summed E-state index contributed by atoms with van der Waals surface area (Å²) in [5.41, 5.74) is 4.75. The number of aryl methyl sites for hydroxylation is 1. The minimum absolute atomic E-state index is 0.0368. The lowest BCUT2D eigenvalue weighted by molar-refractivity contribution is -0.162. The van der Waals surface area contributed by atoms with Crippen LogP contribution in [0.5, 0.6) is 0 Å². The quantitative estimate of drug-likeness (QED) is 0.557. The molecule has 10 nitrogen and oxygen atoms in total. The molecule has 2 unspecified atom stereocenters. The summed E-state index contributed by atoms with van der Waals surface area (Å²) >= 11 is 0. The molecule has 1 aromatic rings. The van der Waals surface area contributed by atoms with Gasteiger partial charge in [-0.15, -0.1) is 0 Å². The van der Waals surface area contributed by atoms with Crippen LogP contribution in [0, 0.1) is 6.92 Å². The molecule has 2 atom stereocenters. The van der Waals surface area contributed by atoms with E-state index in [1.165, 1.54) is 4.31 Å². The monoisotopic (exact) mass is 455 g/mol. The third kappa shape index (κ3) is 5.00. The summed E-state index contributed by atoms with van der Waals surface area (Å²) in [4.78, 5) is 24.1. The Kier molecular flexibility index (Phi) is 6.89. The first-order valence-electron chi connectivity index (χ1n) is 10.2. The van der Waals surface area contributed by atoms with Crippen LogP contribution >= 0.6 is 0 Å². The van der Waals surface area contributed by atoms with Crippen LogP contribution in [0.3, 0.4) is 0 Å². The van der Waals surface area contributed by atoms with Crippen LogP contribution in [0.4, 0.5) is 4.79 Å². The number of β-amino-alcohol motifs (C(OH)–C–C–N with tert-alkyl or cyclic N) is 1. The van der Waals surface area contributed by atoms with Gasteiger partial charge in [0.05, 0.1) is 19.3 Å². The Morgan fingerprint density at radius 2 is 1.90 bits per heavy atom. The van der Waals surface area contributed by atoms with E-state index in [-0.39, 0.29) is 32.2 Å². The van der Waals surface area contributed by atoms with Gasteiger partial charge >= 0.3 is 12.0 Å². The molecule has 2 aliphatic rings. The van der Waals surface area contributed by atoms with Gasteiger partial charge in [0.1, 0.15) is 5.25 Å². The zero-order valence-electron chi connectivity index (χ0n) is 17.4. The van der Waals surface area contributed by atoms with Crippen LogP contribution in [-0.2, 0) is 26.2 Å².